The van der Waals surface area contributed by atoms with Gasteiger partial charge in [0, 0.05) is 4.11 Å². The molecule has 2 heteroatoms. The molecule has 0 saturated carbocycles. The summed E-state index contributed by atoms with van der Waals surface area (Å²) in [5.74, 6) is 0. The van der Waals surface area contributed by atoms with Crippen molar-refractivity contribution < 1.29 is 14.3 Å². The quantitative estimate of drug-likeness (QED) is 0.312. The lowest BCUT2D eigenvalue weighted by Crippen LogP contribution is -1.97. The molecule has 0 aromatic heterocycles. The molecule has 0 aliphatic carbocycles. The van der Waals surface area contributed by atoms with E-state index in [-0.39, 0.29) is 0 Å². The lowest BCUT2D eigenvalue weighted by atomic mass is 10.4. The Kier molecular flexibility index (Phi) is 1.00. The van der Waals surface area contributed by atoms with Crippen LogP contribution in [0.5, 0.6) is 0 Å². The molecule has 1 atom stereocenters. The fraction of sp³-hybridized carbons (Fsp3) is 0.500. The van der Waals surface area contributed by atoms with Crippen molar-refractivity contribution in [3.63, 3.8) is 0 Å². The maximum atomic E-state index is 7.93. The van der Waals surface area contributed by atoms with Gasteiger partial charge in [-0.2, -0.15) is 0 Å². The van der Waals surface area contributed by atoms with E-state index in [0.29, 0.717) is 0 Å². The third-order valence-corrected chi connectivity index (χ3v) is 0.328. The Morgan fingerprint density at radius 2 is 3.00 bits per heavy atom. The molecule has 0 fully saturated rings. The zero-order valence-corrected chi connectivity index (χ0v) is 3.22. The van der Waals surface area contributed by atoms with Crippen LogP contribution in [0.4, 0.5) is 0 Å². The van der Waals surface area contributed by atoms with Gasteiger partial charge in [-0.1, -0.05) is 6.08 Å². The van der Waals surface area contributed by atoms with E-state index in [9.17, 15) is 0 Å². The molecule has 0 aliphatic heterocycles. The highest BCUT2D eigenvalue weighted by molar-refractivity contribution is 4.73. The first-order valence-electron chi connectivity index (χ1n) is 2.95. The van der Waals surface area contributed by atoms with Gasteiger partial charge < -0.3 is 0 Å². The molecular formula is C4H8O2. The number of hydrogen-bond donors (Lipinski definition) is 1. The van der Waals surface area contributed by atoms with Gasteiger partial charge in [-0.05, 0) is 6.85 Å². The first-order chi connectivity index (χ1) is 4.02. The summed E-state index contributed by atoms with van der Waals surface area (Å²) in [6.07, 6.45) is -0.259. The fourth-order valence-electron chi connectivity index (χ4n) is 0.0430. The van der Waals surface area contributed by atoms with Crippen molar-refractivity contribution in [2.75, 3.05) is 0 Å². The highest BCUT2D eigenvalue weighted by atomic mass is 17.1. The van der Waals surface area contributed by atoms with E-state index in [0.717, 1.165) is 6.08 Å². The van der Waals surface area contributed by atoms with E-state index < -0.39 is 13.0 Å². The van der Waals surface area contributed by atoms with Gasteiger partial charge >= 0.3 is 0 Å². The van der Waals surface area contributed by atoms with Gasteiger partial charge in [0.15, 0.2) is 0 Å². The average Bonchev–Trinajstić information content (AvgIpc) is 1.65. The second kappa shape index (κ2) is 2.87. The minimum atomic E-state index is -2.32. The normalized spacial score (nSPS) is 23.2. The summed E-state index contributed by atoms with van der Waals surface area (Å²) >= 11 is 0. The molecule has 2 nitrogen and oxygen atoms in total. The average molecular weight is 91.1 g/mol. The summed E-state index contributed by atoms with van der Waals surface area (Å²) in [7, 11) is 0. The van der Waals surface area contributed by atoms with Crippen molar-refractivity contribution in [1.82, 2.24) is 0 Å². The van der Waals surface area contributed by atoms with Gasteiger partial charge in [-0.3, -0.25) is 5.26 Å². The molecule has 36 valence electrons. The highest BCUT2D eigenvalue weighted by Crippen LogP contribution is 1.83. The van der Waals surface area contributed by atoms with Crippen molar-refractivity contribution >= 4 is 0 Å². The Balaban J connectivity index is 3.94. The predicted octanol–water partition coefficient (Wildman–Crippen LogP) is 1.05. The maximum Gasteiger partial charge on any atom is 0.108 e. The van der Waals surface area contributed by atoms with Gasteiger partial charge in [0.1, 0.15) is 6.10 Å². The predicted molar refractivity (Wildman–Crippen MR) is 23.4 cm³/mol. The van der Waals surface area contributed by atoms with Gasteiger partial charge in [0.05, 0.1) is 0 Å². The second-order valence-electron chi connectivity index (χ2n) is 0.762. The van der Waals surface area contributed by atoms with E-state index in [1.54, 1.807) is 0 Å². The maximum absolute atomic E-state index is 7.93. The summed E-state index contributed by atoms with van der Waals surface area (Å²) in [6, 6.07) is 0. The minimum Gasteiger partial charge on any atom is -0.251 e. The molecule has 0 rings (SSSR count). The van der Waals surface area contributed by atoms with Crippen LogP contribution in [0, 0.1) is 0 Å². The SMILES string of the molecule is [2H]C([2H])([2H])C(C=C)OO. The molecule has 0 heterocycles. The smallest absolute Gasteiger partial charge is 0.108 e. The molecule has 0 radical (unpaired) electrons. The molecule has 1 N–H and O–H groups in total. The molecule has 1 unspecified atom stereocenters. The second-order valence-corrected chi connectivity index (χ2v) is 0.762. The Morgan fingerprint density at radius 3 is 3.00 bits per heavy atom. The van der Waals surface area contributed by atoms with Gasteiger partial charge in [0.25, 0.3) is 0 Å². The fourth-order valence-corrected chi connectivity index (χ4v) is 0.0430. The lowest BCUT2D eigenvalue weighted by molar-refractivity contribution is -0.261. The van der Waals surface area contributed by atoms with Crippen LogP contribution >= 0.6 is 0 Å². The van der Waals surface area contributed by atoms with Crippen LogP contribution in [0.3, 0.4) is 0 Å². The zero-order valence-electron chi connectivity index (χ0n) is 6.22. The van der Waals surface area contributed by atoms with E-state index >= 15 is 0 Å². The van der Waals surface area contributed by atoms with Crippen molar-refractivity contribution in [1.29, 1.82) is 0 Å². The number of rotatable bonds is 2. The number of hydrogen-bond acceptors (Lipinski definition) is 2. The molecule has 0 aromatic carbocycles. The summed E-state index contributed by atoms with van der Waals surface area (Å²) < 4.78 is 20.0. The van der Waals surface area contributed by atoms with Crippen molar-refractivity contribution in [2.45, 2.75) is 13.0 Å². The Morgan fingerprint density at radius 1 is 2.33 bits per heavy atom. The molecule has 0 spiro atoms. The molecule has 0 bridgehead atoms. The van der Waals surface area contributed by atoms with Crippen LogP contribution in [0.1, 0.15) is 11.0 Å². The van der Waals surface area contributed by atoms with Crippen LogP contribution in [-0.4, -0.2) is 11.4 Å². The Bertz CT molecular complexity index is 98.5. The summed E-state index contributed by atoms with van der Waals surface area (Å²) in [6.45, 7) is 0.830. The standard InChI is InChI=1S/C4H8O2/c1-3-4(2)6-5/h3-5H,1H2,2H3/i2D3. The first kappa shape index (κ1) is 2.09. The lowest BCUT2D eigenvalue weighted by Gasteiger charge is -1.94. The molecule has 0 aliphatic rings. The molecular weight excluding hydrogens is 80.0 g/mol. The van der Waals surface area contributed by atoms with Gasteiger partial charge in [-0.15, -0.1) is 6.58 Å². The molecule has 0 saturated heterocycles. The van der Waals surface area contributed by atoms with E-state index in [1.807, 2.05) is 0 Å². The van der Waals surface area contributed by atoms with Crippen LogP contribution in [0.25, 0.3) is 0 Å². The van der Waals surface area contributed by atoms with E-state index in [1.165, 1.54) is 0 Å². The third-order valence-electron chi connectivity index (χ3n) is 0.328. The zero-order chi connectivity index (χ0) is 7.49. The van der Waals surface area contributed by atoms with Crippen molar-refractivity contribution in [3.05, 3.63) is 12.7 Å². The topological polar surface area (TPSA) is 29.5 Å². The monoisotopic (exact) mass is 91.1 g/mol. The van der Waals surface area contributed by atoms with Crippen LogP contribution in [0.15, 0.2) is 12.7 Å². The van der Waals surface area contributed by atoms with Crippen molar-refractivity contribution in [3.8, 4) is 0 Å². The summed E-state index contributed by atoms with van der Waals surface area (Å²) in [5, 5.41) is 7.93. The molecule has 0 amide bonds. The Labute approximate surface area is 41.2 Å². The van der Waals surface area contributed by atoms with E-state index in [2.05, 4.69) is 11.5 Å². The van der Waals surface area contributed by atoms with Crippen LogP contribution in [-0.2, 0) is 4.89 Å². The first-order valence-corrected chi connectivity index (χ1v) is 1.45. The van der Waals surface area contributed by atoms with Crippen LogP contribution in [0.2, 0.25) is 0 Å². The van der Waals surface area contributed by atoms with Gasteiger partial charge in [0.2, 0.25) is 0 Å². The third kappa shape index (κ3) is 1.93. The molecule has 6 heavy (non-hydrogen) atoms. The summed E-state index contributed by atoms with van der Waals surface area (Å²) in [4.78, 5) is 3.58. The van der Waals surface area contributed by atoms with Crippen molar-refractivity contribution in [2.24, 2.45) is 0 Å². The minimum absolute atomic E-state index is 1.02. The summed E-state index contributed by atoms with van der Waals surface area (Å²) in [5.41, 5.74) is 0. The highest BCUT2D eigenvalue weighted by Gasteiger charge is 1.86. The molecule has 0 aromatic rings. The Hall–Kier alpha value is -0.340. The van der Waals surface area contributed by atoms with E-state index in [4.69, 9.17) is 9.37 Å². The van der Waals surface area contributed by atoms with Crippen LogP contribution < -0.4 is 0 Å². The largest absolute Gasteiger partial charge is 0.251 e. The van der Waals surface area contributed by atoms with Gasteiger partial charge in [-0.25, -0.2) is 4.89 Å².